The summed E-state index contributed by atoms with van der Waals surface area (Å²) in [5.74, 6) is -3.96. The number of carbonyl (C=O) groups is 6. The summed E-state index contributed by atoms with van der Waals surface area (Å²) in [6, 6.07) is 28.3. The van der Waals surface area contributed by atoms with E-state index in [0.29, 0.717) is 41.7 Å². The first-order chi connectivity index (χ1) is 36.3. The minimum Gasteiger partial charge on any atom is -0.458 e. The zero-order valence-electron chi connectivity index (χ0n) is 41.8. The molecule has 9 rings (SSSR count). The zero-order valence-corrected chi connectivity index (χ0v) is 41.8. The maximum Gasteiger partial charge on any atom is 0.407 e. The van der Waals surface area contributed by atoms with Crippen LogP contribution < -0.4 is 32.1 Å². The molecule has 3 aliphatic rings. The molecule has 6 N–H and O–H groups in total. The molecule has 18 nitrogen and oxygen atoms in total. The molecule has 0 bridgehead atoms. The number of benzene rings is 4. The van der Waals surface area contributed by atoms with E-state index in [9.17, 15) is 43.1 Å². The van der Waals surface area contributed by atoms with E-state index in [1.54, 1.807) is 49.4 Å². The number of rotatable bonds is 19. The molecule has 2 aliphatic heterocycles. The highest BCUT2D eigenvalue weighted by Gasteiger charge is 2.35. The van der Waals surface area contributed by atoms with E-state index in [1.807, 2.05) is 62.4 Å². The number of hydrogen-bond donors (Lipinski definition) is 6. The first-order valence-electron chi connectivity index (χ1n) is 24.9. The Labute approximate surface area is 431 Å². The van der Waals surface area contributed by atoms with Crippen LogP contribution >= 0.6 is 0 Å². The van der Waals surface area contributed by atoms with Gasteiger partial charge in [0.2, 0.25) is 23.6 Å². The van der Waals surface area contributed by atoms with Gasteiger partial charge in [-0.15, -0.1) is 0 Å². The topological polar surface area (TPSA) is 245 Å². The van der Waals surface area contributed by atoms with Gasteiger partial charge in [0.1, 0.15) is 38.3 Å². The number of halogens is 1. The Hall–Kier alpha value is -8.29. The van der Waals surface area contributed by atoms with Crippen molar-refractivity contribution in [1.29, 1.82) is 0 Å². The lowest BCUT2D eigenvalue weighted by Gasteiger charge is -2.21. The van der Waals surface area contributed by atoms with E-state index in [0.717, 1.165) is 44.3 Å². The number of carbonyl (C=O) groups excluding carboxylic acids is 6. The Morgan fingerprint density at radius 2 is 1.47 bits per heavy atom. The summed E-state index contributed by atoms with van der Waals surface area (Å²) in [6.45, 7) is 4.41. The van der Waals surface area contributed by atoms with Gasteiger partial charge in [-0.1, -0.05) is 92.7 Å². The monoisotopic (exact) mass is 1020 g/mol. The van der Waals surface area contributed by atoms with Gasteiger partial charge in [0.05, 0.1) is 42.1 Å². The number of unbranched alkanes of at least 4 members (excludes halogenated alkanes) is 1. The second-order valence-electron chi connectivity index (χ2n) is 18.0. The number of pyridine rings is 2. The average molecular weight is 1020 g/mol. The third kappa shape index (κ3) is 12.1. The average Bonchev–Trinajstić information content (AvgIpc) is 3.97. The van der Waals surface area contributed by atoms with E-state index < -0.39 is 78.8 Å². The molecule has 5 amide bonds. The fraction of sp³-hybridized carbons (Fsp3) is 0.321. The Balaban J connectivity index is 0.00000369. The summed E-state index contributed by atoms with van der Waals surface area (Å²) >= 11 is 0. The van der Waals surface area contributed by atoms with Crippen molar-refractivity contribution in [3.63, 3.8) is 0 Å². The number of cyclic esters (lactones) is 1. The molecular formula is C56H58FN7O11. The highest BCUT2D eigenvalue weighted by atomic mass is 19.1. The van der Waals surface area contributed by atoms with Gasteiger partial charge in [0.25, 0.3) is 5.56 Å². The number of nitrogens with one attached hydrogen (secondary N) is 5. The van der Waals surface area contributed by atoms with E-state index in [-0.39, 0.29) is 56.6 Å². The maximum absolute atomic E-state index is 14.8. The number of nitrogens with zero attached hydrogens (tertiary/aromatic N) is 2. The van der Waals surface area contributed by atoms with Crippen LogP contribution in [-0.2, 0) is 64.2 Å². The lowest BCUT2D eigenvalue weighted by Crippen LogP contribution is -2.52. The number of esters is 1. The number of fused-ring (bicyclic) bond motifs is 8. The minimum atomic E-state index is -1.61. The molecule has 4 aromatic carbocycles. The van der Waals surface area contributed by atoms with Crippen LogP contribution in [0, 0.1) is 12.7 Å². The van der Waals surface area contributed by atoms with Crippen molar-refractivity contribution in [2.75, 3.05) is 39.6 Å². The number of aryl methyl sites for hydroxylation is 2. The summed E-state index contributed by atoms with van der Waals surface area (Å²) in [5, 5.41) is 23.9. The van der Waals surface area contributed by atoms with Gasteiger partial charge in [0, 0.05) is 41.5 Å². The predicted molar refractivity (Wildman–Crippen MR) is 274 cm³/mol. The summed E-state index contributed by atoms with van der Waals surface area (Å²) in [5.41, 5.74) is 8.34. The number of hydrogen-bond acceptors (Lipinski definition) is 12. The fourth-order valence-electron chi connectivity index (χ4n) is 9.53. The normalized spacial score (nSPS) is 14.1. The Morgan fingerprint density at radius 3 is 2.20 bits per heavy atom. The van der Waals surface area contributed by atoms with Crippen molar-refractivity contribution in [2.45, 2.75) is 77.7 Å². The first-order valence-corrected chi connectivity index (χ1v) is 24.9. The molecule has 0 saturated heterocycles. The lowest BCUT2D eigenvalue weighted by molar-refractivity contribution is -0.157. The molecule has 1 aliphatic carbocycles. The van der Waals surface area contributed by atoms with Crippen LogP contribution in [0.2, 0.25) is 0 Å². The van der Waals surface area contributed by atoms with Gasteiger partial charge >= 0.3 is 12.1 Å². The van der Waals surface area contributed by atoms with Crippen molar-refractivity contribution >= 4 is 46.6 Å². The fourth-order valence-corrected chi connectivity index (χ4v) is 9.53. The van der Waals surface area contributed by atoms with Crippen LogP contribution in [0.15, 0.2) is 102 Å². The second-order valence-corrected chi connectivity index (χ2v) is 18.0. The van der Waals surface area contributed by atoms with Crippen LogP contribution in [0.4, 0.5) is 9.18 Å². The van der Waals surface area contributed by atoms with Crippen LogP contribution in [0.5, 0.6) is 0 Å². The molecule has 2 unspecified atom stereocenters. The molecule has 6 aromatic rings. The second kappa shape index (κ2) is 24.2. The summed E-state index contributed by atoms with van der Waals surface area (Å²) in [7, 11) is 0. The number of aliphatic hydroxyl groups is 1. The molecule has 0 fully saturated rings. The van der Waals surface area contributed by atoms with Crippen LogP contribution in [0.25, 0.3) is 33.4 Å². The van der Waals surface area contributed by atoms with E-state index in [4.69, 9.17) is 19.2 Å². The highest BCUT2D eigenvalue weighted by molar-refractivity contribution is 5.93. The van der Waals surface area contributed by atoms with Crippen LogP contribution in [0.1, 0.15) is 83.2 Å². The molecule has 4 heterocycles. The molecule has 390 valence electrons. The number of aromatic nitrogens is 2. The van der Waals surface area contributed by atoms with E-state index >= 15 is 0 Å². The van der Waals surface area contributed by atoms with Gasteiger partial charge in [-0.25, -0.2) is 19.0 Å². The molecule has 2 atom stereocenters. The minimum absolute atomic E-state index is 0.0645. The standard InChI is InChI=1S/C54H52FN7O11.C2H6/c1-30-19-37-36(39-26-62-45(49(39)61-43(37)22-42(30)55)21-38-41(52(62)68)28-72-53(69)50(38)66)17-9-10-18-71-29-59-47(64)23-57-51(67)44(20-31-11-3-2-4-12-31)60-48(65)25-56-46(63)24-58-54(70)73-27-40-34-15-7-5-13-32(34)33-14-6-8-16-35(33)40;1-2/h2-8,11-16,19,21-22,40,44,50,66H,9-10,17-18,20,23-29H2,1H3,(H,56,63)(H,57,67)(H,58,70)(H,59,64)(H,60,65);1-2H3. The predicted octanol–water partition coefficient (Wildman–Crippen LogP) is 4.90. The Bertz CT molecular complexity index is 3170. The van der Waals surface area contributed by atoms with Crippen molar-refractivity contribution in [3.8, 4) is 22.5 Å². The number of ether oxygens (including phenoxy) is 3. The Morgan fingerprint density at radius 1 is 0.800 bits per heavy atom. The van der Waals surface area contributed by atoms with Gasteiger partial charge in [-0.2, -0.15) is 0 Å². The summed E-state index contributed by atoms with van der Waals surface area (Å²) < 4.78 is 32.5. The van der Waals surface area contributed by atoms with Gasteiger partial charge < -0.3 is 50.5 Å². The molecule has 2 aromatic heterocycles. The number of amides is 5. The van der Waals surface area contributed by atoms with Gasteiger partial charge in [-0.3, -0.25) is 24.0 Å². The summed E-state index contributed by atoms with van der Waals surface area (Å²) in [4.78, 5) is 94.8. The Kier molecular flexibility index (Phi) is 17.1. The molecule has 0 radical (unpaired) electrons. The maximum atomic E-state index is 14.8. The van der Waals surface area contributed by atoms with E-state index in [2.05, 4.69) is 26.6 Å². The van der Waals surface area contributed by atoms with Crippen molar-refractivity contribution in [3.05, 3.63) is 158 Å². The zero-order chi connectivity index (χ0) is 53.2. The van der Waals surface area contributed by atoms with Gasteiger partial charge in [0.15, 0.2) is 6.10 Å². The number of alkyl carbamates (subject to hydrolysis) is 1. The van der Waals surface area contributed by atoms with Crippen LogP contribution in [-0.4, -0.2) is 96.0 Å². The molecule has 75 heavy (non-hydrogen) atoms. The molecule has 0 saturated carbocycles. The first kappa shape index (κ1) is 53.0. The molecule has 0 spiro atoms. The molecular weight excluding hydrogens is 966 g/mol. The van der Waals surface area contributed by atoms with E-state index in [1.165, 1.54) is 10.6 Å². The largest absolute Gasteiger partial charge is 0.458 e. The number of aliphatic hydroxyl groups excluding tert-OH is 1. The van der Waals surface area contributed by atoms with Gasteiger partial charge in [-0.05, 0) is 77.3 Å². The highest BCUT2D eigenvalue weighted by Crippen LogP contribution is 2.44. The smallest absolute Gasteiger partial charge is 0.407 e. The lowest BCUT2D eigenvalue weighted by atomic mass is 9.94. The van der Waals surface area contributed by atoms with Crippen molar-refractivity contribution < 1.29 is 52.5 Å². The van der Waals surface area contributed by atoms with Crippen molar-refractivity contribution in [2.24, 2.45) is 0 Å². The van der Waals surface area contributed by atoms with Crippen LogP contribution in [0.3, 0.4) is 0 Å². The summed E-state index contributed by atoms with van der Waals surface area (Å²) in [6.07, 6.45) is -0.612. The quantitative estimate of drug-likeness (QED) is 0.0360. The molecule has 19 heteroatoms. The SMILES string of the molecule is CC.Cc1cc2c(CCCCOCNC(=O)CNC(=O)C(Cc3ccccc3)NC(=O)CNC(=O)CNC(=O)OCC3c4ccccc4-c4ccccc43)c3c(nc2cc1F)-c1cc2c(c(=O)n1C3)COC(=O)C2O. The third-order valence-corrected chi connectivity index (χ3v) is 13.2. The third-order valence-electron chi connectivity index (χ3n) is 13.2. The van der Waals surface area contributed by atoms with Crippen molar-refractivity contribution in [1.82, 2.24) is 36.1 Å².